The summed E-state index contributed by atoms with van der Waals surface area (Å²) >= 11 is 1.04. The first-order valence-electron chi connectivity index (χ1n) is 8.52. The van der Waals surface area contributed by atoms with Crippen LogP contribution in [0.5, 0.6) is 0 Å². The molecule has 3 nitrogen and oxygen atoms in total. The smallest absolute Gasteiger partial charge is 0.350 e. The Labute approximate surface area is 159 Å². The zero-order chi connectivity index (χ0) is 19.4. The monoisotopic (exact) mass is 392 g/mol. The zero-order valence-electron chi connectivity index (χ0n) is 14.4. The van der Waals surface area contributed by atoms with E-state index >= 15 is 0 Å². The van der Waals surface area contributed by atoms with E-state index in [1.54, 1.807) is 30.3 Å². The fourth-order valence-corrected chi connectivity index (χ4v) is 3.59. The first-order chi connectivity index (χ1) is 12.9. The topological polar surface area (TPSA) is 55.1 Å². The highest BCUT2D eigenvalue weighted by Gasteiger charge is 2.34. The van der Waals surface area contributed by atoms with Gasteiger partial charge in [-0.2, -0.15) is 13.2 Å². The highest BCUT2D eigenvalue weighted by molar-refractivity contribution is 7.99. The van der Waals surface area contributed by atoms with Crippen LogP contribution in [-0.4, -0.2) is 11.9 Å². The van der Waals surface area contributed by atoms with Crippen molar-refractivity contribution in [2.45, 2.75) is 41.4 Å². The minimum atomic E-state index is -4.50. The maximum Gasteiger partial charge on any atom is 0.417 e. The van der Waals surface area contributed by atoms with E-state index in [2.05, 4.69) is 5.32 Å². The van der Waals surface area contributed by atoms with Gasteiger partial charge in [-0.05, 0) is 48.2 Å². The Hall–Kier alpha value is -2.25. The zero-order valence-corrected chi connectivity index (χ0v) is 15.2. The maximum absolute atomic E-state index is 13.6. The number of carbonyl (C=O) groups excluding carboxylic acids is 1. The molecule has 1 fully saturated rings. The van der Waals surface area contributed by atoms with Crippen LogP contribution in [0, 0.1) is 0 Å². The molecule has 1 aliphatic rings. The van der Waals surface area contributed by atoms with Crippen molar-refractivity contribution < 1.29 is 18.0 Å². The van der Waals surface area contributed by atoms with E-state index in [1.165, 1.54) is 18.2 Å². The van der Waals surface area contributed by atoms with Gasteiger partial charge in [0, 0.05) is 28.5 Å². The minimum absolute atomic E-state index is 0.1000. The van der Waals surface area contributed by atoms with Gasteiger partial charge in [0.1, 0.15) is 0 Å². The molecule has 0 heterocycles. The number of hydrogen-bond acceptors (Lipinski definition) is 3. The van der Waals surface area contributed by atoms with Crippen molar-refractivity contribution in [2.24, 2.45) is 5.73 Å². The molecule has 1 amide bonds. The van der Waals surface area contributed by atoms with Gasteiger partial charge in [-0.15, -0.1) is 0 Å². The second-order valence-corrected chi connectivity index (χ2v) is 7.37. The van der Waals surface area contributed by atoms with E-state index in [-0.39, 0.29) is 23.4 Å². The Bertz CT molecular complexity index is 861. The second-order valence-electron chi connectivity index (χ2n) is 6.28. The molecule has 2 aromatic rings. The highest BCUT2D eigenvalue weighted by atomic mass is 32.2. The van der Waals surface area contributed by atoms with E-state index in [0.717, 1.165) is 36.2 Å². The van der Waals surface area contributed by atoms with Crippen LogP contribution in [0.2, 0.25) is 0 Å². The van der Waals surface area contributed by atoms with Crippen LogP contribution in [0.4, 0.5) is 13.2 Å². The van der Waals surface area contributed by atoms with E-state index in [9.17, 15) is 18.0 Å². The average molecular weight is 392 g/mol. The Balaban J connectivity index is 1.85. The van der Waals surface area contributed by atoms with E-state index in [4.69, 9.17) is 5.73 Å². The lowest BCUT2D eigenvalue weighted by atomic mass is 10.1. The van der Waals surface area contributed by atoms with Crippen LogP contribution in [0.15, 0.2) is 58.3 Å². The fourth-order valence-electron chi connectivity index (χ4n) is 2.50. The van der Waals surface area contributed by atoms with Gasteiger partial charge in [0.2, 0.25) is 5.91 Å². The van der Waals surface area contributed by atoms with Gasteiger partial charge in [-0.3, -0.25) is 4.79 Å². The molecule has 27 heavy (non-hydrogen) atoms. The van der Waals surface area contributed by atoms with Crippen molar-refractivity contribution in [3.63, 3.8) is 0 Å². The summed E-state index contributed by atoms with van der Waals surface area (Å²) < 4.78 is 40.7. The molecule has 1 saturated carbocycles. The third-order valence-electron chi connectivity index (χ3n) is 4.07. The van der Waals surface area contributed by atoms with Gasteiger partial charge in [0.05, 0.1) is 5.56 Å². The first kappa shape index (κ1) is 19.5. The summed E-state index contributed by atoms with van der Waals surface area (Å²) in [6.07, 6.45) is 0.0711. The Kier molecular flexibility index (Phi) is 5.92. The predicted molar refractivity (Wildman–Crippen MR) is 100 cm³/mol. The lowest BCUT2D eigenvalue weighted by molar-refractivity contribution is -0.139. The SMILES string of the molecule is NCc1ccccc1Sc1ccc(/C=C/C(=O)NC2CC2)cc1C(F)(F)F. The molecule has 3 rings (SSSR count). The third-order valence-corrected chi connectivity index (χ3v) is 5.27. The summed E-state index contributed by atoms with van der Waals surface area (Å²) in [6.45, 7) is 0.251. The largest absolute Gasteiger partial charge is 0.417 e. The molecular weight excluding hydrogens is 373 g/mol. The Morgan fingerprint density at radius 3 is 2.59 bits per heavy atom. The summed E-state index contributed by atoms with van der Waals surface area (Å²) in [5, 5.41) is 2.76. The molecule has 0 aliphatic heterocycles. The number of hydrogen-bond donors (Lipinski definition) is 2. The maximum atomic E-state index is 13.6. The van der Waals surface area contributed by atoms with Crippen LogP contribution < -0.4 is 11.1 Å². The van der Waals surface area contributed by atoms with E-state index < -0.39 is 11.7 Å². The molecule has 3 N–H and O–H groups in total. The third kappa shape index (κ3) is 5.37. The number of carbonyl (C=O) groups is 1. The second kappa shape index (κ2) is 8.19. The average Bonchev–Trinajstić information content (AvgIpc) is 3.44. The quantitative estimate of drug-likeness (QED) is 0.706. The van der Waals surface area contributed by atoms with E-state index in [0.29, 0.717) is 10.5 Å². The lowest BCUT2D eigenvalue weighted by Crippen LogP contribution is -2.22. The van der Waals surface area contributed by atoms with E-state index in [1.807, 2.05) is 0 Å². The van der Waals surface area contributed by atoms with Gasteiger partial charge in [-0.25, -0.2) is 0 Å². The summed E-state index contributed by atoms with van der Waals surface area (Å²) in [6, 6.07) is 11.4. The standard InChI is InChI=1S/C20H19F3N2OS/c21-20(22,23)16-11-13(6-10-19(26)25-15-7-8-15)5-9-18(16)27-17-4-2-1-3-14(17)12-24/h1-6,9-11,15H,7-8,12,24H2,(H,25,26)/b10-6+. The normalized spacial score (nSPS) is 14.5. The number of nitrogens with one attached hydrogen (secondary N) is 1. The molecule has 0 aromatic heterocycles. The Morgan fingerprint density at radius 2 is 1.93 bits per heavy atom. The van der Waals surface area contributed by atoms with Gasteiger partial charge in [-0.1, -0.05) is 36.0 Å². The van der Waals surface area contributed by atoms with Crippen molar-refractivity contribution in [3.05, 3.63) is 65.2 Å². The summed E-state index contributed by atoms with van der Waals surface area (Å²) in [4.78, 5) is 12.5. The number of alkyl halides is 3. The highest BCUT2D eigenvalue weighted by Crippen LogP contribution is 2.41. The van der Waals surface area contributed by atoms with Crippen molar-refractivity contribution in [3.8, 4) is 0 Å². The van der Waals surface area contributed by atoms with Gasteiger partial charge < -0.3 is 11.1 Å². The molecule has 0 spiro atoms. The molecule has 1 aliphatic carbocycles. The molecule has 0 atom stereocenters. The molecule has 142 valence electrons. The van der Waals surface area contributed by atoms with Crippen molar-refractivity contribution in [1.29, 1.82) is 0 Å². The number of rotatable bonds is 6. The predicted octanol–water partition coefficient (Wildman–Crippen LogP) is 4.61. The lowest BCUT2D eigenvalue weighted by Gasteiger charge is -2.14. The van der Waals surface area contributed by atoms with Gasteiger partial charge in [0.15, 0.2) is 0 Å². The Morgan fingerprint density at radius 1 is 1.19 bits per heavy atom. The number of halogens is 3. The fraction of sp³-hybridized carbons (Fsp3) is 0.250. The summed E-state index contributed by atoms with van der Waals surface area (Å²) in [5.41, 5.74) is 6.06. The summed E-state index contributed by atoms with van der Waals surface area (Å²) in [7, 11) is 0. The molecule has 0 bridgehead atoms. The van der Waals surface area contributed by atoms with Crippen LogP contribution in [0.3, 0.4) is 0 Å². The number of amides is 1. The van der Waals surface area contributed by atoms with Crippen molar-refractivity contribution in [1.82, 2.24) is 5.32 Å². The van der Waals surface area contributed by atoms with Gasteiger partial charge >= 0.3 is 6.18 Å². The molecule has 2 aromatic carbocycles. The molecule has 0 radical (unpaired) electrons. The molecule has 7 heteroatoms. The van der Waals surface area contributed by atoms with Crippen LogP contribution in [0.1, 0.15) is 29.5 Å². The first-order valence-corrected chi connectivity index (χ1v) is 9.34. The number of benzene rings is 2. The summed E-state index contributed by atoms with van der Waals surface area (Å²) in [5.74, 6) is -0.290. The van der Waals surface area contributed by atoms with Crippen molar-refractivity contribution >= 4 is 23.7 Å². The van der Waals surface area contributed by atoms with Crippen molar-refractivity contribution in [2.75, 3.05) is 0 Å². The minimum Gasteiger partial charge on any atom is -0.350 e. The molecular formula is C20H19F3N2OS. The van der Waals surface area contributed by atoms with Gasteiger partial charge in [0.25, 0.3) is 0 Å². The van der Waals surface area contributed by atoms with Crippen LogP contribution in [0.25, 0.3) is 6.08 Å². The molecule has 0 saturated heterocycles. The van der Waals surface area contributed by atoms with Crippen LogP contribution >= 0.6 is 11.8 Å². The molecule has 0 unspecified atom stereocenters. The number of nitrogens with two attached hydrogens (primary N) is 1. The van der Waals surface area contributed by atoms with Crippen LogP contribution in [-0.2, 0) is 17.5 Å².